The minimum absolute atomic E-state index is 0.0894. The van der Waals surface area contributed by atoms with Gasteiger partial charge < -0.3 is 14.0 Å². The maximum Gasteiger partial charge on any atom is 0.328 e. The fourth-order valence-electron chi connectivity index (χ4n) is 4.20. The molecule has 212 valence electrons. The number of hydrogen-bond donors (Lipinski definition) is 1. The first-order valence-electron chi connectivity index (χ1n) is 13.9. The molecule has 0 atom stereocenters. The minimum atomic E-state index is -0.906. The third kappa shape index (κ3) is 10.8. The molecular formula is C33H48O4Si2. The van der Waals surface area contributed by atoms with E-state index in [1.54, 1.807) is 0 Å². The number of hydrogen-bond acceptors (Lipinski definition) is 3. The molecule has 0 spiro atoms. The van der Waals surface area contributed by atoms with Crippen molar-refractivity contribution < 1.29 is 18.8 Å². The average molecular weight is 565 g/mol. The van der Waals surface area contributed by atoms with Crippen molar-refractivity contribution in [2.45, 2.75) is 117 Å². The van der Waals surface area contributed by atoms with Crippen LogP contribution in [0.3, 0.4) is 0 Å². The fourth-order valence-corrected chi connectivity index (χ4v) is 5.54. The Labute approximate surface area is 242 Å². The third-order valence-corrected chi connectivity index (χ3v) is 8.73. The number of aliphatic carboxylic acids is 1. The van der Waals surface area contributed by atoms with Gasteiger partial charge in [-0.15, -0.1) is 0 Å². The molecule has 0 bridgehead atoms. The van der Waals surface area contributed by atoms with E-state index in [0.717, 1.165) is 24.0 Å². The topological polar surface area (TPSA) is 55.8 Å². The highest BCUT2D eigenvalue weighted by molar-refractivity contribution is 6.32. The number of carboxylic acid groups (broad SMARTS) is 1. The Kier molecular flexibility index (Phi) is 11.2. The molecule has 0 aliphatic carbocycles. The summed E-state index contributed by atoms with van der Waals surface area (Å²) in [6.07, 6.45) is 3.74. The van der Waals surface area contributed by atoms with Crippen LogP contribution < -0.4 is 0 Å². The molecule has 4 nitrogen and oxygen atoms in total. The van der Waals surface area contributed by atoms with Crippen LogP contribution in [0.2, 0.25) is 10.1 Å². The smallest absolute Gasteiger partial charge is 0.328 e. The molecule has 6 heteroatoms. The van der Waals surface area contributed by atoms with Crippen molar-refractivity contribution >= 4 is 31.1 Å². The zero-order valence-electron chi connectivity index (χ0n) is 25.9. The lowest BCUT2D eigenvalue weighted by Gasteiger charge is -2.37. The number of rotatable bonds is 12. The van der Waals surface area contributed by atoms with E-state index in [9.17, 15) is 9.90 Å². The zero-order chi connectivity index (χ0) is 29.6. The van der Waals surface area contributed by atoms with Gasteiger partial charge in [0.25, 0.3) is 0 Å². The van der Waals surface area contributed by atoms with Gasteiger partial charge in [-0.3, -0.25) is 0 Å². The van der Waals surface area contributed by atoms with Gasteiger partial charge in [0.05, 0.1) is 11.2 Å². The molecule has 4 radical (unpaired) electrons. The molecule has 0 heterocycles. The van der Waals surface area contributed by atoms with Gasteiger partial charge in [-0.1, -0.05) is 90.9 Å². The Morgan fingerprint density at radius 3 is 1.77 bits per heavy atom. The highest BCUT2D eigenvalue weighted by Gasteiger charge is 2.34. The molecule has 0 amide bonds. The molecule has 1 N–H and O–H groups in total. The van der Waals surface area contributed by atoms with Crippen LogP contribution in [0.25, 0.3) is 5.57 Å². The Bertz CT molecular complexity index is 1150. The predicted molar refractivity (Wildman–Crippen MR) is 165 cm³/mol. The second-order valence-corrected chi connectivity index (χ2v) is 17.2. The van der Waals surface area contributed by atoms with Crippen molar-refractivity contribution in [3.05, 3.63) is 76.4 Å². The molecule has 0 saturated heterocycles. The summed E-state index contributed by atoms with van der Waals surface area (Å²) in [5.41, 5.74) is 5.68. The summed E-state index contributed by atoms with van der Waals surface area (Å²) < 4.78 is 13.1. The predicted octanol–water partition coefficient (Wildman–Crippen LogP) is 8.53. The van der Waals surface area contributed by atoms with E-state index in [1.165, 1.54) is 28.3 Å². The van der Waals surface area contributed by atoms with E-state index in [4.69, 9.17) is 8.85 Å². The van der Waals surface area contributed by atoms with Crippen molar-refractivity contribution in [3.8, 4) is 0 Å². The second-order valence-electron chi connectivity index (χ2n) is 13.4. The van der Waals surface area contributed by atoms with Gasteiger partial charge in [-0.05, 0) is 90.4 Å². The molecule has 0 saturated carbocycles. The SMILES string of the molecule is CCC(=CC(=O)O)c1cccc(CCc2ccc(C(C)(C)O[Si]C(C)(C)C)c(C(C)(C)O[Si]C(C)(C)C)c2)c1. The van der Waals surface area contributed by atoms with Gasteiger partial charge in [0.1, 0.15) is 0 Å². The maximum absolute atomic E-state index is 11.2. The molecule has 39 heavy (non-hydrogen) atoms. The molecule has 0 aliphatic heterocycles. The van der Waals surface area contributed by atoms with E-state index >= 15 is 0 Å². The van der Waals surface area contributed by atoms with E-state index in [1.807, 2.05) is 19.1 Å². The minimum Gasteiger partial charge on any atom is -0.478 e. The first-order chi connectivity index (χ1) is 17.8. The van der Waals surface area contributed by atoms with Gasteiger partial charge in [0, 0.05) is 6.08 Å². The van der Waals surface area contributed by atoms with Gasteiger partial charge in [-0.2, -0.15) is 0 Å². The number of carboxylic acids is 1. The maximum atomic E-state index is 11.2. The molecule has 0 aliphatic rings. The highest BCUT2D eigenvalue weighted by Crippen LogP contribution is 2.39. The van der Waals surface area contributed by atoms with Crippen molar-refractivity contribution in [2.24, 2.45) is 0 Å². The molecule has 0 fully saturated rings. The summed E-state index contributed by atoms with van der Waals surface area (Å²) in [5, 5.41) is 9.42. The lowest BCUT2D eigenvalue weighted by atomic mass is 9.84. The first kappa shape index (κ1) is 33.2. The Morgan fingerprint density at radius 1 is 0.769 bits per heavy atom. The summed E-state index contributed by atoms with van der Waals surface area (Å²) in [6.45, 7) is 23.9. The van der Waals surface area contributed by atoms with Crippen molar-refractivity contribution in [1.82, 2.24) is 0 Å². The van der Waals surface area contributed by atoms with Gasteiger partial charge >= 0.3 is 5.97 Å². The monoisotopic (exact) mass is 564 g/mol. The summed E-state index contributed by atoms with van der Waals surface area (Å²) in [5.74, 6) is -0.906. The quantitative estimate of drug-likeness (QED) is 0.207. The number of allylic oxidation sites excluding steroid dienone is 1. The van der Waals surface area contributed by atoms with E-state index in [-0.39, 0.29) is 10.1 Å². The van der Waals surface area contributed by atoms with Crippen molar-refractivity contribution in [3.63, 3.8) is 0 Å². The van der Waals surface area contributed by atoms with Gasteiger partial charge in [0.15, 0.2) is 0 Å². The normalized spacial score (nSPS) is 13.6. The van der Waals surface area contributed by atoms with E-state index < -0.39 is 17.2 Å². The van der Waals surface area contributed by atoms with Crippen LogP contribution in [0.15, 0.2) is 48.5 Å². The van der Waals surface area contributed by atoms with Crippen LogP contribution in [-0.2, 0) is 37.7 Å². The molecule has 0 aromatic heterocycles. The average Bonchev–Trinajstić information content (AvgIpc) is 2.83. The molecule has 2 aromatic carbocycles. The molecule has 2 rings (SSSR count). The first-order valence-corrected chi connectivity index (χ1v) is 15.7. The number of benzene rings is 2. The second kappa shape index (κ2) is 13.1. The zero-order valence-corrected chi connectivity index (χ0v) is 27.9. The van der Waals surface area contributed by atoms with Crippen LogP contribution in [-0.4, -0.2) is 30.6 Å². The van der Waals surface area contributed by atoms with Crippen LogP contribution in [0.1, 0.15) is 110 Å². The molecular weight excluding hydrogens is 517 g/mol. The highest BCUT2D eigenvalue weighted by atomic mass is 28.2. The van der Waals surface area contributed by atoms with E-state index in [2.05, 4.69) is 99.6 Å². The third-order valence-electron chi connectivity index (χ3n) is 6.28. The summed E-state index contributed by atoms with van der Waals surface area (Å²) in [6, 6.07) is 15.0. The Morgan fingerprint density at radius 2 is 1.28 bits per heavy atom. The Hall–Kier alpha value is -2.00. The summed E-state index contributed by atoms with van der Waals surface area (Å²) in [7, 11) is 0.756. The Balaban J connectivity index is 2.41. The van der Waals surface area contributed by atoms with Gasteiger partial charge in [-0.25, -0.2) is 4.79 Å². The van der Waals surface area contributed by atoms with Crippen molar-refractivity contribution in [2.75, 3.05) is 0 Å². The lowest BCUT2D eigenvalue weighted by Crippen LogP contribution is -2.34. The van der Waals surface area contributed by atoms with Gasteiger partial charge in [0.2, 0.25) is 19.5 Å². The van der Waals surface area contributed by atoms with Crippen LogP contribution in [0.5, 0.6) is 0 Å². The van der Waals surface area contributed by atoms with Crippen LogP contribution in [0, 0.1) is 0 Å². The van der Waals surface area contributed by atoms with Crippen LogP contribution >= 0.6 is 0 Å². The standard InChI is InChI=1S/C33H48O4Si2/c1-12-25(22-29(34)35)26-15-13-14-23(20-26)16-17-24-18-19-27(32(8,9)36-38-30(2,3)4)28(21-24)33(10,11)37-39-31(5,6)7/h13-15,18-22H,12,16-17H2,1-11H3,(H,34,35). The molecule has 2 aromatic rings. The largest absolute Gasteiger partial charge is 0.478 e. The van der Waals surface area contributed by atoms with E-state index in [0.29, 0.717) is 25.9 Å². The van der Waals surface area contributed by atoms with Crippen molar-refractivity contribution in [1.29, 1.82) is 0 Å². The molecule has 0 unspecified atom stereocenters. The number of aryl methyl sites for hydroxylation is 2. The summed E-state index contributed by atoms with van der Waals surface area (Å²) >= 11 is 0. The fraction of sp³-hybridized carbons (Fsp3) is 0.545. The summed E-state index contributed by atoms with van der Waals surface area (Å²) in [4.78, 5) is 11.2. The number of carbonyl (C=O) groups is 1. The van der Waals surface area contributed by atoms with Crippen LogP contribution in [0.4, 0.5) is 0 Å². The lowest BCUT2D eigenvalue weighted by molar-refractivity contribution is -0.131.